The molecule has 2 fully saturated rings. The molecule has 0 bridgehead atoms. The molecular formula is C27H29Cl2N3O4S. The molecule has 1 N–H and O–H groups in total. The van der Waals surface area contributed by atoms with Crippen LogP contribution in [0.3, 0.4) is 0 Å². The number of nitrogens with zero attached hydrogens (tertiary/aromatic N) is 3. The second-order valence-electron chi connectivity index (χ2n) is 9.11. The number of carboxylic acids is 1. The molecule has 2 aliphatic rings. The van der Waals surface area contributed by atoms with E-state index in [1.165, 1.54) is 17.8 Å². The molecule has 0 unspecified atom stereocenters. The second kappa shape index (κ2) is 12.2. The third-order valence-electron chi connectivity index (χ3n) is 6.79. The van der Waals surface area contributed by atoms with E-state index in [1.807, 2.05) is 35.2 Å². The minimum Gasteiger partial charge on any atom is -0.481 e. The van der Waals surface area contributed by atoms with Crippen LogP contribution >= 0.6 is 35.0 Å². The van der Waals surface area contributed by atoms with E-state index in [1.54, 1.807) is 17.9 Å². The summed E-state index contributed by atoms with van der Waals surface area (Å²) >= 11 is 14.8. The molecule has 2 saturated heterocycles. The van der Waals surface area contributed by atoms with Crippen molar-refractivity contribution in [1.29, 1.82) is 0 Å². The van der Waals surface area contributed by atoms with Crippen LogP contribution in [0.15, 0.2) is 52.3 Å². The number of benzene rings is 2. The van der Waals surface area contributed by atoms with Gasteiger partial charge in [-0.1, -0.05) is 53.2 Å². The van der Waals surface area contributed by atoms with Crippen molar-refractivity contribution in [3.63, 3.8) is 0 Å². The zero-order chi connectivity index (χ0) is 26.5. The highest BCUT2D eigenvalue weighted by Gasteiger charge is 2.26. The van der Waals surface area contributed by atoms with E-state index < -0.39 is 5.97 Å². The highest BCUT2D eigenvalue weighted by atomic mass is 35.5. The van der Waals surface area contributed by atoms with Gasteiger partial charge in [-0.05, 0) is 42.7 Å². The van der Waals surface area contributed by atoms with Gasteiger partial charge in [0.15, 0.2) is 0 Å². The Hall–Kier alpha value is -2.68. The van der Waals surface area contributed by atoms with Crippen molar-refractivity contribution < 1.29 is 19.5 Å². The summed E-state index contributed by atoms with van der Waals surface area (Å²) in [6, 6.07) is 11.8. The highest BCUT2D eigenvalue weighted by molar-refractivity contribution is 7.99. The van der Waals surface area contributed by atoms with E-state index in [2.05, 4.69) is 11.0 Å². The normalized spacial score (nSPS) is 16.9. The van der Waals surface area contributed by atoms with Crippen LogP contribution in [0.4, 0.5) is 5.69 Å². The fourth-order valence-corrected chi connectivity index (χ4v) is 6.14. The number of piperidine rings is 1. The summed E-state index contributed by atoms with van der Waals surface area (Å²) in [4.78, 5) is 43.0. The number of carbonyl (C=O) groups excluding carboxylic acids is 2. The number of carbonyl (C=O) groups is 3. The van der Waals surface area contributed by atoms with Gasteiger partial charge in [-0.15, -0.1) is 0 Å². The molecule has 0 spiro atoms. The summed E-state index contributed by atoms with van der Waals surface area (Å²) in [5, 5.41) is 9.92. The first kappa shape index (κ1) is 27.4. The number of carboxylic acid groups (broad SMARTS) is 1. The van der Waals surface area contributed by atoms with Crippen molar-refractivity contribution >= 4 is 64.5 Å². The predicted octanol–water partition coefficient (Wildman–Crippen LogP) is 5.15. The molecule has 10 heteroatoms. The zero-order valence-electron chi connectivity index (χ0n) is 20.5. The molecule has 2 heterocycles. The Morgan fingerprint density at radius 3 is 2.22 bits per heavy atom. The van der Waals surface area contributed by atoms with Crippen molar-refractivity contribution in [2.45, 2.75) is 29.6 Å². The van der Waals surface area contributed by atoms with Crippen molar-refractivity contribution in [3.05, 3.63) is 58.1 Å². The fraction of sp³-hybridized carbons (Fsp3) is 0.370. The Morgan fingerprint density at radius 1 is 0.892 bits per heavy atom. The van der Waals surface area contributed by atoms with Crippen LogP contribution in [0.2, 0.25) is 10.0 Å². The molecule has 37 heavy (non-hydrogen) atoms. The topological polar surface area (TPSA) is 81.2 Å². The van der Waals surface area contributed by atoms with Gasteiger partial charge in [0, 0.05) is 62.1 Å². The largest absolute Gasteiger partial charge is 0.481 e. The number of amides is 2. The minimum atomic E-state index is -0.805. The lowest BCUT2D eigenvalue weighted by Crippen LogP contribution is -2.48. The van der Waals surface area contributed by atoms with Crippen LogP contribution in [0.25, 0.3) is 6.08 Å². The summed E-state index contributed by atoms with van der Waals surface area (Å²) in [6.07, 6.45) is 4.03. The van der Waals surface area contributed by atoms with E-state index in [-0.39, 0.29) is 17.7 Å². The first-order valence-corrected chi connectivity index (χ1v) is 13.8. The molecule has 7 nitrogen and oxygen atoms in total. The molecule has 0 atom stereocenters. The van der Waals surface area contributed by atoms with Gasteiger partial charge in [0.25, 0.3) is 0 Å². The fourth-order valence-electron chi connectivity index (χ4n) is 4.55. The van der Waals surface area contributed by atoms with Crippen LogP contribution in [-0.4, -0.2) is 72.0 Å². The number of halogens is 2. The van der Waals surface area contributed by atoms with Crippen molar-refractivity contribution in [3.8, 4) is 0 Å². The van der Waals surface area contributed by atoms with Gasteiger partial charge in [-0.3, -0.25) is 14.4 Å². The highest BCUT2D eigenvalue weighted by Crippen LogP contribution is 2.42. The predicted molar refractivity (Wildman–Crippen MR) is 147 cm³/mol. The summed E-state index contributed by atoms with van der Waals surface area (Å²) < 4.78 is 0. The summed E-state index contributed by atoms with van der Waals surface area (Å²) in [6.45, 7) is 5.36. The Bertz CT molecular complexity index is 1210. The van der Waals surface area contributed by atoms with Crippen LogP contribution in [0.1, 0.15) is 25.3 Å². The lowest BCUT2D eigenvalue weighted by molar-refractivity contribution is -0.144. The van der Waals surface area contributed by atoms with Crippen molar-refractivity contribution in [2.24, 2.45) is 5.92 Å². The van der Waals surface area contributed by atoms with Gasteiger partial charge in [-0.25, -0.2) is 0 Å². The standard InChI is InChI=1S/C27H29Cl2N3O4S/c1-18(33)30-14-16-31(17-15-30)21-4-2-3-5-22(21)37-23-8-6-19(25(28)26(23)29)7-9-24(34)32-12-10-20(11-13-32)27(35)36/h2-9,20H,10-17H2,1H3,(H,35,36). The third kappa shape index (κ3) is 6.61. The molecule has 196 valence electrons. The molecule has 4 rings (SSSR count). The molecule has 0 aromatic heterocycles. The number of hydrogen-bond acceptors (Lipinski definition) is 5. The maximum Gasteiger partial charge on any atom is 0.306 e. The Kier molecular flexibility index (Phi) is 9.05. The molecule has 2 aromatic rings. The number of para-hydroxylation sites is 1. The first-order valence-electron chi connectivity index (χ1n) is 12.2. The number of rotatable bonds is 6. The number of likely N-dealkylation sites (tertiary alicyclic amines) is 1. The molecule has 2 amide bonds. The number of hydrogen-bond donors (Lipinski definition) is 1. The molecule has 2 aliphatic heterocycles. The number of piperazine rings is 1. The van der Waals surface area contributed by atoms with E-state index in [0.29, 0.717) is 54.6 Å². The maximum absolute atomic E-state index is 12.6. The SMILES string of the molecule is CC(=O)N1CCN(c2ccccc2Sc2ccc(C=CC(=O)N3CCC(C(=O)O)CC3)c(Cl)c2Cl)CC1. The summed E-state index contributed by atoms with van der Waals surface area (Å²) in [7, 11) is 0. The van der Waals surface area contributed by atoms with Gasteiger partial charge in [0.1, 0.15) is 0 Å². The summed E-state index contributed by atoms with van der Waals surface area (Å²) in [5.41, 5.74) is 1.72. The first-order chi connectivity index (χ1) is 17.7. The van der Waals surface area contributed by atoms with Crippen LogP contribution in [-0.2, 0) is 14.4 Å². The molecule has 0 radical (unpaired) electrons. The van der Waals surface area contributed by atoms with E-state index in [0.717, 1.165) is 28.6 Å². The maximum atomic E-state index is 12.6. The molecule has 2 aromatic carbocycles. The molecule has 0 aliphatic carbocycles. The quantitative estimate of drug-likeness (QED) is 0.491. The minimum absolute atomic E-state index is 0.0994. The van der Waals surface area contributed by atoms with Crippen molar-refractivity contribution in [1.82, 2.24) is 9.80 Å². The van der Waals surface area contributed by atoms with Gasteiger partial charge < -0.3 is 19.8 Å². The van der Waals surface area contributed by atoms with E-state index in [4.69, 9.17) is 28.3 Å². The average molecular weight is 563 g/mol. The zero-order valence-corrected chi connectivity index (χ0v) is 22.9. The van der Waals surface area contributed by atoms with Crippen LogP contribution < -0.4 is 4.90 Å². The van der Waals surface area contributed by atoms with Gasteiger partial charge >= 0.3 is 5.97 Å². The van der Waals surface area contributed by atoms with Gasteiger partial charge in [0.2, 0.25) is 11.8 Å². The third-order valence-corrected chi connectivity index (χ3v) is 8.92. The van der Waals surface area contributed by atoms with Crippen LogP contribution in [0.5, 0.6) is 0 Å². The van der Waals surface area contributed by atoms with Crippen molar-refractivity contribution in [2.75, 3.05) is 44.2 Å². The monoisotopic (exact) mass is 561 g/mol. The van der Waals surface area contributed by atoms with Crippen LogP contribution in [0, 0.1) is 5.92 Å². The van der Waals surface area contributed by atoms with Gasteiger partial charge in [0.05, 0.1) is 21.7 Å². The smallest absolute Gasteiger partial charge is 0.306 e. The Morgan fingerprint density at radius 2 is 1.57 bits per heavy atom. The number of anilines is 1. The second-order valence-corrected chi connectivity index (χ2v) is 11.0. The van der Waals surface area contributed by atoms with Gasteiger partial charge in [-0.2, -0.15) is 0 Å². The number of aliphatic carboxylic acids is 1. The molecule has 0 saturated carbocycles. The Balaban J connectivity index is 1.43. The van der Waals surface area contributed by atoms with E-state index >= 15 is 0 Å². The average Bonchev–Trinajstić information content (AvgIpc) is 2.91. The lowest BCUT2D eigenvalue weighted by Gasteiger charge is -2.36. The summed E-state index contributed by atoms with van der Waals surface area (Å²) in [5.74, 6) is -1.27. The molecular weight excluding hydrogens is 533 g/mol. The van der Waals surface area contributed by atoms with E-state index in [9.17, 15) is 14.4 Å². The lowest BCUT2D eigenvalue weighted by atomic mass is 9.97. The Labute approximate surface area is 231 Å².